The van der Waals surface area contributed by atoms with Crippen LogP contribution in [0.4, 0.5) is 11.5 Å². The average molecular weight is 456 g/mol. The summed E-state index contributed by atoms with van der Waals surface area (Å²) in [5.74, 6) is 0.268. The summed E-state index contributed by atoms with van der Waals surface area (Å²) in [6.45, 7) is 1.39. The number of aliphatic hydroxyl groups is 1. The number of benzene rings is 1. The number of rotatable bonds is 6. The van der Waals surface area contributed by atoms with Crippen molar-refractivity contribution in [1.82, 2.24) is 15.3 Å². The number of fused-ring (bicyclic) bond motifs is 1. The van der Waals surface area contributed by atoms with E-state index in [4.69, 9.17) is 20.7 Å². The number of hydrogen-bond acceptors (Lipinski definition) is 8. The number of hydrogen-bond donors (Lipinski definition) is 4. The van der Waals surface area contributed by atoms with E-state index >= 15 is 0 Å². The number of aliphatic imine (C=N–C) groups is 1. The van der Waals surface area contributed by atoms with Crippen molar-refractivity contribution in [2.75, 3.05) is 12.3 Å². The van der Waals surface area contributed by atoms with E-state index < -0.39 is 18.6 Å². The topological polar surface area (TPSA) is 160 Å². The van der Waals surface area contributed by atoms with Crippen LogP contribution in [0.15, 0.2) is 35.6 Å². The van der Waals surface area contributed by atoms with Crippen LogP contribution in [0.3, 0.4) is 0 Å². The minimum atomic E-state index is -1.25. The molecule has 2 unspecified atom stereocenters. The molecule has 176 valence electrons. The molecule has 2 heterocycles. The first kappa shape index (κ1) is 24.1. The summed E-state index contributed by atoms with van der Waals surface area (Å²) in [4.78, 5) is 32.3. The highest BCUT2D eigenvalue weighted by atomic mass is 16.5. The lowest BCUT2D eigenvalue weighted by Crippen LogP contribution is -2.38. The van der Waals surface area contributed by atoms with Gasteiger partial charge < -0.3 is 26.0 Å². The summed E-state index contributed by atoms with van der Waals surface area (Å²) < 4.78 is 5.86. The zero-order valence-electron chi connectivity index (χ0n) is 18.5. The Morgan fingerprint density at radius 2 is 1.94 bits per heavy atom. The first-order valence-corrected chi connectivity index (χ1v) is 10.9. The largest absolute Gasteiger partial charge is 0.480 e. The monoisotopic (exact) mass is 455 g/mol. The quantitative estimate of drug-likeness (QED) is 0.482. The van der Waals surface area contributed by atoms with E-state index in [0.29, 0.717) is 23.3 Å². The fraction of sp³-hybridized carbons (Fsp3) is 0.435. The van der Waals surface area contributed by atoms with Crippen LogP contribution in [-0.4, -0.2) is 57.0 Å². The fourth-order valence-electron chi connectivity index (χ4n) is 3.95. The van der Waals surface area contributed by atoms with Crippen LogP contribution < -0.4 is 15.8 Å². The molecule has 1 aliphatic carbocycles. The van der Waals surface area contributed by atoms with E-state index in [1.807, 2.05) is 12.2 Å². The molecule has 1 aromatic carbocycles. The number of nitrogen functional groups attached to an aromatic ring is 1. The Morgan fingerprint density at radius 1 is 1.24 bits per heavy atom. The van der Waals surface area contributed by atoms with Crippen molar-refractivity contribution in [3.05, 3.63) is 41.7 Å². The van der Waals surface area contributed by atoms with Gasteiger partial charge in [-0.2, -0.15) is 4.98 Å². The van der Waals surface area contributed by atoms with Crippen LogP contribution in [-0.2, 0) is 9.59 Å². The number of aliphatic hydroxyl groups excluding tert-OH is 1. The molecule has 1 fully saturated rings. The first-order valence-electron chi connectivity index (χ1n) is 10.9. The highest BCUT2D eigenvalue weighted by molar-refractivity contribution is 6.06. The molecule has 10 heteroatoms. The third-order valence-corrected chi connectivity index (χ3v) is 5.76. The number of anilines is 1. The van der Waals surface area contributed by atoms with Crippen molar-refractivity contribution in [2.45, 2.75) is 57.1 Å². The van der Waals surface area contributed by atoms with Gasteiger partial charge >= 0.3 is 5.97 Å². The number of nitrogens with one attached hydrogen (secondary N) is 1. The normalized spacial score (nSPS) is 18.5. The van der Waals surface area contributed by atoms with Crippen molar-refractivity contribution in [3.8, 4) is 5.88 Å². The van der Waals surface area contributed by atoms with Gasteiger partial charge in [0.25, 0.3) is 0 Å². The van der Waals surface area contributed by atoms with E-state index in [0.717, 1.165) is 11.3 Å². The van der Waals surface area contributed by atoms with E-state index in [-0.39, 0.29) is 12.5 Å². The van der Waals surface area contributed by atoms with Crippen molar-refractivity contribution < 1.29 is 24.5 Å². The average Bonchev–Trinajstić information content (AvgIpc) is 2.83. The third kappa shape index (κ3) is 6.04. The van der Waals surface area contributed by atoms with Crippen molar-refractivity contribution >= 4 is 29.6 Å². The molecule has 0 spiro atoms. The Hall–Kier alpha value is -3.53. The number of amides is 1. The van der Waals surface area contributed by atoms with Gasteiger partial charge in [-0.3, -0.25) is 4.79 Å². The van der Waals surface area contributed by atoms with E-state index in [9.17, 15) is 9.59 Å². The first-order chi connectivity index (χ1) is 15.9. The standard InChI is InChI=1S/C19H22N4O.C4H7NO4/c1-12-16(23-17-18(20)21-11-22-19(17)24-12)15-9-7-14(8-10-15)13-5-3-2-4-6-13;6-1-3(4(8)9)5-2-7/h7-13H,2-6H2,1H3,(H2,20,21,22);2-3,6H,1H2,(H,5,7)(H,8,9). The maximum absolute atomic E-state index is 9.94. The smallest absolute Gasteiger partial charge is 0.328 e. The number of carboxylic acid groups (broad SMARTS) is 1. The molecule has 2 aliphatic rings. The Morgan fingerprint density at radius 3 is 2.52 bits per heavy atom. The molecule has 33 heavy (non-hydrogen) atoms. The number of carboxylic acids is 1. The third-order valence-electron chi connectivity index (χ3n) is 5.76. The van der Waals surface area contributed by atoms with Crippen LogP contribution in [0, 0.1) is 0 Å². The zero-order chi connectivity index (χ0) is 23.8. The second-order valence-corrected chi connectivity index (χ2v) is 7.98. The predicted octanol–water partition coefficient (Wildman–Crippen LogP) is 2.19. The molecule has 0 saturated heterocycles. The molecule has 0 radical (unpaired) electrons. The summed E-state index contributed by atoms with van der Waals surface area (Å²) in [5.41, 5.74) is 9.82. The molecule has 1 aromatic heterocycles. The summed E-state index contributed by atoms with van der Waals surface area (Å²) in [6.07, 6.45) is 8.16. The minimum absolute atomic E-state index is 0.160. The van der Waals surface area contributed by atoms with Crippen LogP contribution >= 0.6 is 0 Å². The van der Waals surface area contributed by atoms with Gasteiger partial charge in [0, 0.05) is 0 Å². The Bertz CT molecular complexity index is 989. The molecule has 10 nitrogen and oxygen atoms in total. The van der Waals surface area contributed by atoms with Crippen molar-refractivity contribution in [3.63, 3.8) is 0 Å². The summed E-state index contributed by atoms with van der Waals surface area (Å²) in [6, 6.07) is 7.59. The fourth-order valence-corrected chi connectivity index (χ4v) is 3.95. The number of aliphatic carboxylic acids is 1. The van der Waals surface area contributed by atoms with Gasteiger partial charge in [0.2, 0.25) is 12.3 Å². The van der Waals surface area contributed by atoms with Crippen molar-refractivity contribution in [1.29, 1.82) is 0 Å². The zero-order valence-corrected chi connectivity index (χ0v) is 18.5. The summed E-state index contributed by atoms with van der Waals surface area (Å²) in [5, 5.41) is 18.2. The molecule has 1 saturated carbocycles. The molecule has 1 amide bonds. The Kier molecular flexibility index (Phi) is 8.31. The SMILES string of the molecule is CC1Oc2ncnc(N)c2N=C1c1ccc(C2CCCCC2)cc1.O=CNC(CO)C(=O)O. The highest BCUT2D eigenvalue weighted by Gasteiger charge is 2.25. The van der Waals surface area contributed by atoms with E-state index in [1.54, 1.807) is 0 Å². The number of carbonyl (C=O) groups excluding carboxylic acids is 1. The van der Waals surface area contributed by atoms with E-state index in [1.165, 1.54) is 44.0 Å². The van der Waals surface area contributed by atoms with Gasteiger partial charge in [-0.15, -0.1) is 0 Å². The molecule has 5 N–H and O–H groups in total. The molecule has 2 aromatic rings. The minimum Gasteiger partial charge on any atom is -0.480 e. The predicted molar refractivity (Wildman–Crippen MR) is 123 cm³/mol. The number of ether oxygens (including phenoxy) is 1. The van der Waals surface area contributed by atoms with Gasteiger partial charge in [0.05, 0.1) is 12.3 Å². The maximum Gasteiger partial charge on any atom is 0.328 e. The molecule has 2 atom stereocenters. The van der Waals surface area contributed by atoms with Gasteiger partial charge in [-0.05, 0) is 36.8 Å². The molecular formula is C23H29N5O5. The van der Waals surface area contributed by atoms with Crippen LogP contribution in [0.5, 0.6) is 5.88 Å². The second-order valence-electron chi connectivity index (χ2n) is 7.98. The number of nitrogens with two attached hydrogens (primary N) is 1. The van der Waals surface area contributed by atoms with Gasteiger partial charge in [0.1, 0.15) is 18.5 Å². The van der Waals surface area contributed by atoms with E-state index in [2.05, 4.69) is 39.2 Å². The summed E-state index contributed by atoms with van der Waals surface area (Å²) in [7, 11) is 0. The maximum atomic E-state index is 9.94. The lowest BCUT2D eigenvalue weighted by Gasteiger charge is -2.24. The molecular weight excluding hydrogens is 426 g/mol. The van der Waals surface area contributed by atoms with Gasteiger partial charge in [-0.25, -0.2) is 14.8 Å². The lowest BCUT2D eigenvalue weighted by atomic mass is 9.83. The Balaban J connectivity index is 0.000000292. The van der Waals surface area contributed by atoms with Gasteiger partial charge in [0.15, 0.2) is 11.5 Å². The second kappa shape index (κ2) is 11.4. The lowest BCUT2D eigenvalue weighted by molar-refractivity contribution is -0.141. The Labute approximate surface area is 191 Å². The summed E-state index contributed by atoms with van der Waals surface area (Å²) >= 11 is 0. The highest BCUT2D eigenvalue weighted by Crippen LogP contribution is 2.36. The van der Waals surface area contributed by atoms with Crippen molar-refractivity contribution in [2.24, 2.45) is 4.99 Å². The molecule has 0 bridgehead atoms. The number of nitrogens with zero attached hydrogens (tertiary/aromatic N) is 3. The molecule has 1 aliphatic heterocycles. The number of aromatic nitrogens is 2. The van der Waals surface area contributed by atoms with Gasteiger partial charge in [-0.1, -0.05) is 43.5 Å². The van der Waals surface area contributed by atoms with Crippen LogP contribution in [0.2, 0.25) is 0 Å². The van der Waals surface area contributed by atoms with Crippen LogP contribution in [0.1, 0.15) is 56.1 Å². The molecule has 4 rings (SSSR count). The number of carbonyl (C=O) groups is 2. The van der Waals surface area contributed by atoms with Crippen LogP contribution in [0.25, 0.3) is 0 Å².